The fourth-order valence-corrected chi connectivity index (χ4v) is 1.21. The van der Waals surface area contributed by atoms with Gasteiger partial charge in [-0.1, -0.05) is 26.0 Å². The van der Waals surface area contributed by atoms with E-state index in [0.29, 0.717) is 0 Å². The zero-order chi connectivity index (χ0) is 11.7. The Morgan fingerprint density at radius 1 is 1.13 bits per heavy atom. The summed E-state index contributed by atoms with van der Waals surface area (Å²) in [6.07, 6.45) is -0.284. The van der Waals surface area contributed by atoms with E-state index in [1.54, 1.807) is 14.2 Å². The molecule has 0 radical (unpaired) electrons. The molecule has 0 saturated heterocycles. The SMILES string of the molecule is CC.CNc1cccc(C(OC)OC)c1. The van der Waals surface area contributed by atoms with Crippen LogP contribution in [0.5, 0.6) is 0 Å². The molecule has 0 bridgehead atoms. The van der Waals surface area contributed by atoms with E-state index in [4.69, 9.17) is 9.47 Å². The molecule has 0 unspecified atom stereocenters. The zero-order valence-electron chi connectivity index (χ0n) is 10.2. The van der Waals surface area contributed by atoms with Crippen LogP contribution in [0, 0.1) is 0 Å². The van der Waals surface area contributed by atoms with Gasteiger partial charge in [0.25, 0.3) is 0 Å². The van der Waals surface area contributed by atoms with Crippen molar-refractivity contribution in [3.63, 3.8) is 0 Å². The maximum absolute atomic E-state index is 5.14. The molecule has 3 heteroatoms. The lowest BCUT2D eigenvalue weighted by atomic mass is 10.2. The van der Waals surface area contributed by atoms with Crippen molar-refractivity contribution in [3.8, 4) is 0 Å². The van der Waals surface area contributed by atoms with E-state index < -0.39 is 0 Å². The Hall–Kier alpha value is -1.06. The lowest BCUT2D eigenvalue weighted by Crippen LogP contribution is -2.03. The number of nitrogens with one attached hydrogen (secondary N) is 1. The minimum atomic E-state index is -0.284. The first-order chi connectivity index (χ1) is 7.31. The van der Waals surface area contributed by atoms with Crippen molar-refractivity contribution in [1.29, 1.82) is 0 Å². The molecular weight excluding hydrogens is 190 g/mol. The molecule has 1 aromatic carbocycles. The van der Waals surface area contributed by atoms with Crippen molar-refractivity contribution in [1.82, 2.24) is 0 Å². The molecule has 0 atom stereocenters. The summed E-state index contributed by atoms with van der Waals surface area (Å²) < 4.78 is 10.3. The molecule has 0 amide bonds. The molecule has 0 aromatic heterocycles. The van der Waals surface area contributed by atoms with Crippen LogP contribution in [0.2, 0.25) is 0 Å². The van der Waals surface area contributed by atoms with Gasteiger partial charge in [0, 0.05) is 32.5 Å². The summed E-state index contributed by atoms with van der Waals surface area (Å²) in [7, 11) is 5.13. The number of hydrogen-bond donors (Lipinski definition) is 1. The third kappa shape index (κ3) is 4.32. The van der Waals surface area contributed by atoms with Crippen LogP contribution in [-0.4, -0.2) is 21.3 Å². The molecule has 86 valence electrons. The standard InChI is InChI=1S/C10H15NO2.C2H6/c1-11-9-6-4-5-8(7-9)10(12-2)13-3;1-2/h4-7,10-11H,1-3H3;1-2H3. The first-order valence-electron chi connectivity index (χ1n) is 5.15. The van der Waals surface area contributed by atoms with E-state index in [9.17, 15) is 0 Å². The smallest absolute Gasteiger partial charge is 0.183 e. The van der Waals surface area contributed by atoms with Crippen LogP contribution in [0.15, 0.2) is 24.3 Å². The van der Waals surface area contributed by atoms with Crippen LogP contribution in [0.4, 0.5) is 5.69 Å². The average molecular weight is 211 g/mol. The largest absolute Gasteiger partial charge is 0.388 e. The highest BCUT2D eigenvalue weighted by Gasteiger charge is 2.07. The predicted molar refractivity (Wildman–Crippen MR) is 64.1 cm³/mol. The quantitative estimate of drug-likeness (QED) is 0.776. The number of anilines is 1. The normalized spacial score (nSPS) is 9.47. The van der Waals surface area contributed by atoms with Crippen LogP contribution in [0.25, 0.3) is 0 Å². The van der Waals surface area contributed by atoms with E-state index in [0.717, 1.165) is 11.3 Å². The summed E-state index contributed by atoms with van der Waals surface area (Å²) >= 11 is 0. The number of benzene rings is 1. The van der Waals surface area contributed by atoms with E-state index in [1.165, 1.54) is 0 Å². The van der Waals surface area contributed by atoms with Crippen molar-refractivity contribution >= 4 is 5.69 Å². The van der Waals surface area contributed by atoms with E-state index >= 15 is 0 Å². The molecule has 0 spiro atoms. The lowest BCUT2D eigenvalue weighted by molar-refractivity contribution is -0.105. The number of ether oxygens (including phenoxy) is 2. The minimum absolute atomic E-state index is 0.284. The summed E-state index contributed by atoms with van der Waals surface area (Å²) in [5.74, 6) is 0. The van der Waals surface area contributed by atoms with Gasteiger partial charge in [0.1, 0.15) is 0 Å². The number of hydrogen-bond acceptors (Lipinski definition) is 3. The maximum atomic E-state index is 5.14. The Morgan fingerprint density at radius 2 is 1.73 bits per heavy atom. The van der Waals surface area contributed by atoms with Gasteiger partial charge >= 0.3 is 0 Å². The Balaban J connectivity index is 0.000000921. The second kappa shape index (κ2) is 8.26. The second-order valence-corrected chi connectivity index (χ2v) is 2.68. The monoisotopic (exact) mass is 211 g/mol. The maximum Gasteiger partial charge on any atom is 0.183 e. The van der Waals surface area contributed by atoms with Gasteiger partial charge in [-0.2, -0.15) is 0 Å². The summed E-state index contributed by atoms with van der Waals surface area (Å²) in [4.78, 5) is 0. The molecule has 0 saturated carbocycles. The van der Waals surface area contributed by atoms with Gasteiger partial charge in [-0.3, -0.25) is 0 Å². The third-order valence-corrected chi connectivity index (χ3v) is 1.88. The van der Waals surface area contributed by atoms with Crippen LogP contribution in [0.1, 0.15) is 25.7 Å². The van der Waals surface area contributed by atoms with Crippen molar-refractivity contribution in [2.45, 2.75) is 20.1 Å². The molecule has 0 heterocycles. The summed E-state index contributed by atoms with van der Waals surface area (Å²) in [6.45, 7) is 4.00. The van der Waals surface area contributed by atoms with Gasteiger partial charge in [0.2, 0.25) is 0 Å². The lowest BCUT2D eigenvalue weighted by Gasteiger charge is -2.14. The molecule has 0 aliphatic carbocycles. The highest BCUT2D eigenvalue weighted by molar-refractivity contribution is 5.45. The van der Waals surface area contributed by atoms with Gasteiger partial charge < -0.3 is 14.8 Å². The van der Waals surface area contributed by atoms with Gasteiger partial charge in [0.15, 0.2) is 6.29 Å². The molecular formula is C12H21NO2. The first-order valence-corrected chi connectivity index (χ1v) is 5.15. The Morgan fingerprint density at radius 3 is 2.20 bits per heavy atom. The summed E-state index contributed by atoms with van der Waals surface area (Å²) in [6, 6.07) is 7.92. The van der Waals surface area contributed by atoms with Crippen molar-refractivity contribution in [2.75, 3.05) is 26.6 Å². The second-order valence-electron chi connectivity index (χ2n) is 2.68. The van der Waals surface area contributed by atoms with Crippen LogP contribution >= 0.6 is 0 Å². The van der Waals surface area contributed by atoms with Gasteiger partial charge in [-0.25, -0.2) is 0 Å². The van der Waals surface area contributed by atoms with Gasteiger partial charge in [-0.15, -0.1) is 0 Å². The molecule has 15 heavy (non-hydrogen) atoms. The number of rotatable bonds is 4. The fraction of sp³-hybridized carbons (Fsp3) is 0.500. The Bertz CT molecular complexity index is 260. The summed E-state index contributed by atoms with van der Waals surface area (Å²) in [5, 5.41) is 3.06. The van der Waals surface area contributed by atoms with Crippen LogP contribution < -0.4 is 5.32 Å². The van der Waals surface area contributed by atoms with Crippen LogP contribution in [-0.2, 0) is 9.47 Å². The first kappa shape index (κ1) is 13.9. The fourth-order valence-electron chi connectivity index (χ4n) is 1.21. The van der Waals surface area contributed by atoms with E-state index in [1.807, 2.05) is 45.2 Å². The molecule has 0 fully saturated rings. The highest BCUT2D eigenvalue weighted by Crippen LogP contribution is 2.20. The van der Waals surface area contributed by atoms with Crippen LogP contribution in [0.3, 0.4) is 0 Å². The average Bonchev–Trinajstić information content (AvgIpc) is 2.33. The van der Waals surface area contributed by atoms with Gasteiger partial charge in [-0.05, 0) is 12.1 Å². The number of methoxy groups -OCH3 is 2. The highest BCUT2D eigenvalue weighted by atomic mass is 16.7. The predicted octanol–water partition coefficient (Wildman–Crippen LogP) is 3.05. The van der Waals surface area contributed by atoms with Crippen molar-refractivity contribution in [2.24, 2.45) is 0 Å². The molecule has 0 aliphatic heterocycles. The molecule has 1 N–H and O–H groups in total. The Kier molecular flexibility index (Phi) is 7.68. The molecule has 1 rings (SSSR count). The van der Waals surface area contributed by atoms with E-state index in [-0.39, 0.29) is 6.29 Å². The minimum Gasteiger partial charge on any atom is -0.388 e. The van der Waals surface area contributed by atoms with Crippen molar-refractivity contribution in [3.05, 3.63) is 29.8 Å². The molecule has 3 nitrogen and oxygen atoms in total. The molecule has 0 aliphatic rings. The molecule has 1 aromatic rings. The van der Waals surface area contributed by atoms with Gasteiger partial charge in [0.05, 0.1) is 0 Å². The Labute approximate surface area is 92.4 Å². The summed E-state index contributed by atoms with van der Waals surface area (Å²) in [5.41, 5.74) is 2.06. The topological polar surface area (TPSA) is 30.5 Å². The zero-order valence-corrected chi connectivity index (χ0v) is 10.2. The third-order valence-electron chi connectivity index (χ3n) is 1.88. The van der Waals surface area contributed by atoms with Crippen molar-refractivity contribution < 1.29 is 9.47 Å². The van der Waals surface area contributed by atoms with E-state index in [2.05, 4.69) is 5.32 Å².